The summed E-state index contributed by atoms with van der Waals surface area (Å²) in [6.45, 7) is 2.79. The van der Waals surface area contributed by atoms with E-state index in [1.54, 1.807) is 18.4 Å². The molecule has 0 saturated heterocycles. The number of furan rings is 1. The number of benzene rings is 1. The second-order valence-electron chi connectivity index (χ2n) is 4.80. The molecular weight excluding hydrogens is 280 g/mol. The minimum Gasteiger partial charge on any atom is -0.494 e. The van der Waals surface area contributed by atoms with Crippen LogP contribution in [-0.4, -0.2) is 18.7 Å². The van der Waals surface area contributed by atoms with Gasteiger partial charge in [0.25, 0.3) is 0 Å². The largest absolute Gasteiger partial charge is 0.494 e. The molecule has 0 bridgehead atoms. The smallest absolute Gasteiger partial charge is 0.240 e. The molecule has 1 heterocycles. The van der Waals surface area contributed by atoms with Crippen LogP contribution in [0.25, 0.3) is 0 Å². The molecule has 0 spiro atoms. The summed E-state index contributed by atoms with van der Waals surface area (Å²) in [6.07, 6.45) is 5.05. The number of aryl methyl sites for hydroxylation is 1. The quantitative estimate of drug-likeness (QED) is 0.601. The minimum atomic E-state index is -0.130. The van der Waals surface area contributed by atoms with Gasteiger partial charge in [0.2, 0.25) is 5.91 Å². The van der Waals surface area contributed by atoms with E-state index in [9.17, 15) is 4.79 Å². The molecule has 2 rings (SSSR count). The van der Waals surface area contributed by atoms with Crippen molar-refractivity contribution >= 4 is 12.1 Å². The monoisotopic (exact) mass is 300 g/mol. The molecule has 0 fully saturated rings. The third-order valence-corrected chi connectivity index (χ3v) is 2.96. The first-order valence-corrected chi connectivity index (χ1v) is 7.35. The molecule has 0 aliphatic heterocycles. The molecule has 1 aromatic heterocycles. The van der Waals surface area contributed by atoms with Crippen molar-refractivity contribution in [3.63, 3.8) is 0 Å². The molecule has 1 amide bonds. The maximum Gasteiger partial charge on any atom is 0.240 e. The molecule has 0 unspecified atom stereocenters. The van der Waals surface area contributed by atoms with Crippen LogP contribution < -0.4 is 10.2 Å². The molecule has 1 aromatic carbocycles. The van der Waals surface area contributed by atoms with Gasteiger partial charge in [-0.05, 0) is 42.7 Å². The van der Waals surface area contributed by atoms with Crippen LogP contribution in [0.2, 0.25) is 0 Å². The molecule has 5 nitrogen and oxygen atoms in total. The van der Waals surface area contributed by atoms with Crippen LogP contribution in [0, 0.1) is 0 Å². The van der Waals surface area contributed by atoms with Crippen molar-refractivity contribution in [2.75, 3.05) is 6.61 Å². The van der Waals surface area contributed by atoms with E-state index in [1.807, 2.05) is 24.3 Å². The lowest BCUT2D eigenvalue weighted by molar-refractivity contribution is -0.121. The molecule has 116 valence electrons. The standard InChI is InChI=1S/C17H20N2O3/c1-2-11-21-15-8-5-14(6-9-15)7-10-17(20)19-18-13-16-4-3-12-22-16/h3-6,8-9,12-13H,2,7,10-11H2,1H3,(H,19,20). The zero-order valence-corrected chi connectivity index (χ0v) is 12.6. The van der Waals surface area contributed by atoms with Crippen molar-refractivity contribution in [2.45, 2.75) is 26.2 Å². The zero-order chi connectivity index (χ0) is 15.6. The van der Waals surface area contributed by atoms with Crippen molar-refractivity contribution in [1.29, 1.82) is 0 Å². The Bertz CT molecular complexity index is 589. The van der Waals surface area contributed by atoms with E-state index in [0.717, 1.165) is 24.3 Å². The molecule has 22 heavy (non-hydrogen) atoms. The van der Waals surface area contributed by atoms with Gasteiger partial charge in [-0.3, -0.25) is 4.79 Å². The first-order valence-electron chi connectivity index (χ1n) is 7.35. The number of hydrogen-bond acceptors (Lipinski definition) is 4. The second kappa shape index (κ2) is 8.67. The number of carbonyl (C=O) groups is 1. The highest BCUT2D eigenvalue weighted by atomic mass is 16.5. The van der Waals surface area contributed by atoms with Crippen molar-refractivity contribution in [3.8, 4) is 5.75 Å². The lowest BCUT2D eigenvalue weighted by Gasteiger charge is -2.05. The Morgan fingerprint density at radius 3 is 2.82 bits per heavy atom. The molecular formula is C17H20N2O3. The van der Waals surface area contributed by atoms with E-state index in [-0.39, 0.29) is 5.91 Å². The number of hydrazone groups is 1. The molecule has 0 aliphatic rings. The summed E-state index contributed by atoms with van der Waals surface area (Å²) in [6, 6.07) is 11.3. The fourth-order valence-electron chi connectivity index (χ4n) is 1.82. The normalized spacial score (nSPS) is 10.8. The number of hydrogen-bond donors (Lipinski definition) is 1. The average Bonchev–Trinajstić information content (AvgIpc) is 3.05. The second-order valence-corrected chi connectivity index (χ2v) is 4.80. The Balaban J connectivity index is 1.71. The van der Waals surface area contributed by atoms with Crippen LogP contribution in [0.3, 0.4) is 0 Å². The maximum atomic E-state index is 11.7. The van der Waals surface area contributed by atoms with Crippen LogP contribution in [0.5, 0.6) is 5.75 Å². The first kappa shape index (κ1) is 15.8. The lowest BCUT2D eigenvalue weighted by atomic mass is 10.1. The summed E-state index contributed by atoms with van der Waals surface area (Å²) in [4.78, 5) is 11.7. The highest BCUT2D eigenvalue weighted by Gasteiger charge is 2.02. The fourth-order valence-corrected chi connectivity index (χ4v) is 1.82. The van der Waals surface area contributed by atoms with Gasteiger partial charge in [0.15, 0.2) is 0 Å². The van der Waals surface area contributed by atoms with E-state index >= 15 is 0 Å². The number of carbonyl (C=O) groups excluding carboxylic acids is 1. The van der Waals surface area contributed by atoms with Gasteiger partial charge in [-0.25, -0.2) is 5.43 Å². The third kappa shape index (κ3) is 5.44. The van der Waals surface area contributed by atoms with Crippen LogP contribution in [0.1, 0.15) is 31.1 Å². The Kier molecular flexibility index (Phi) is 6.23. The molecule has 0 aliphatic carbocycles. The van der Waals surface area contributed by atoms with Gasteiger partial charge in [-0.1, -0.05) is 19.1 Å². The van der Waals surface area contributed by atoms with Gasteiger partial charge in [-0.15, -0.1) is 0 Å². The zero-order valence-electron chi connectivity index (χ0n) is 12.6. The Morgan fingerprint density at radius 1 is 1.32 bits per heavy atom. The predicted octanol–water partition coefficient (Wildman–Crippen LogP) is 3.15. The van der Waals surface area contributed by atoms with E-state index < -0.39 is 0 Å². The van der Waals surface area contributed by atoms with Crippen LogP contribution in [0.15, 0.2) is 52.2 Å². The maximum absolute atomic E-state index is 11.7. The van der Waals surface area contributed by atoms with Gasteiger partial charge in [0, 0.05) is 6.42 Å². The number of ether oxygens (including phenoxy) is 1. The first-order chi connectivity index (χ1) is 10.8. The number of nitrogens with zero attached hydrogens (tertiary/aromatic N) is 1. The van der Waals surface area contributed by atoms with E-state index in [1.165, 1.54) is 6.21 Å². The summed E-state index contributed by atoms with van der Waals surface area (Å²) < 4.78 is 10.6. The number of nitrogens with one attached hydrogen (secondary N) is 1. The Morgan fingerprint density at radius 2 is 2.14 bits per heavy atom. The molecule has 1 N–H and O–H groups in total. The summed E-state index contributed by atoms with van der Waals surface area (Å²) in [5, 5.41) is 3.84. The highest BCUT2D eigenvalue weighted by Crippen LogP contribution is 2.13. The Labute approximate surface area is 130 Å². The van der Waals surface area contributed by atoms with Crippen molar-refractivity contribution in [1.82, 2.24) is 5.43 Å². The van der Waals surface area contributed by atoms with Crippen LogP contribution in [0.4, 0.5) is 0 Å². The van der Waals surface area contributed by atoms with Gasteiger partial charge < -0.3 is 9.15 Å². The average molecular weight is 300 g/mol. The molecule has 5 heteroatoms. The third-order valence-electron chi connectivity index (χ3n) is 2.96. The SMILES string of the molecule is CCCOc1ccc(CCC(=O)NN=Cc2ccco2)cc1. The fraction of sp³-hybridized carbons (Fsp3) is 0.294. The predicted molar refractivity (Wildman–Crippen MR) is 85.0 cm³/mol. The minimum absolute atomic E-state index is 0.130. The molecule has 0 radical (unpaired) electrons. The molecule has 0 atom stereocenters. The summed E-state index contributed by atoms with van der Waals surface area (Å²) in [5.41, 5.74) is 3.57. The summed E-state index contributed by atoms with van der Waals surface area (Å²) in [5.74, 6) is 1.33. The van der Waals surface area contributed by atoms with Crippen molar-refractivity contribution in [2.24, 2.45) is 5.10 Å². The van der Waals surface area contributed by atoms with Gasteiger partial charge in [0.1, 0.15) is 11.5 Å². The summed E-state index contributed by atoms with van der Waals surface area (Å²) >= 11 is 0. The van der Waals surface area contributed by atoms with E-state index in [0.29, 0.717) is 18.6 Å². The van der Waals surface area contributed by atoms with Crippen molar-refractivity contribution in [3.05, 3.63) is 54.0 Å². The molecule has 2 aromatic rings. The lowest BCUT2D eigenvalue weighted by Crippen LogP contribution is -2.17. The number of amides is 1. The van der Waals surface area contributed by atoms with E-state index in [4.69, 9.17) is 9.15 Å². The van der Waals surface area contributed by atoms with Gasteiger partial charge in [0.05, 0.1) is 19.1 Å². The summed E-state index contributed by atoms with van der Waals surface area (Å²) in [7, 11) is 0. The van der Waals surface area contributed by atoms with E-state index in [2.05, 4.69) is 17.5 Å². The molecule has 0 saturated carbocycles. The topological polar surface area (TPSA) is 63.8 Å². The van der Waals surface area contributed by atoms with Crippen molar-refractivity contribution < 1.29 is 13.9 Å². The van der Waals surface area contributed by atoms with Crippen LogP contribution in [-0.2, 0) is 11.2 Å². The highest BCUT2D eigenvalue weighted by molar-refractivity contribution is 5.80. The Hall–Kier alpha value is -2.56. The van der Waals surface area contributed by atoms with Gasteiger partial charge >= 0.3 is 0 Å². The van der Waals surface area contributed by atoms with Crippen LogP contribution >= 0.6 is 0 Å². The number of rotatable bonds is 8. The van der Waals surface area contributed by atoms with Gasteiger partial charge in [-0.2, -0.15) is 5.10 Å².